The fraction of sp³-hybridized carbons (Fsp3) is 0.533. The first-order valence-electron chi connectivity index (χ1n) is 7.43. The van der Waals surface area contributed by atoms with Crippen LogP contribution in [0.4, 0.5) is 5.69 Å². The number of carbonyl (C=O) groups excluding carboxylic acids is 1. The molecule has 1 aromatic carbocycles. The summed E-state index contributed by atoms with van der Waals surface area (Å²) in [6.07, 6.45) is 3.44. The van der Waals surface area contributed by atoms with Gasteiger partial charge in [-0.2, -0.15) is 0 Å². The Bertz CT molecular complexity index is 591. The maximum absolute atomic E-state index is 12.2. The van der Waals surface area contributed by atoms with E-state index in [4.69, 9.17) is 0 Å². The van der Waals surface area contributed by atoms with E-state index in [0.29, 0.717) is 12.2 Å². The van der Waals surface area contributed by atoms with Crippen molar-refractivity contribution in [3.63, 3.8) is 0 Å². The van der Waals surface area contributed by atoms with Crippen molar-refractivity contribution < 1.29 is 13.9 Å². The summed E-state index contributed by atoms with van der Waals surface area (Å²) in [6.45, 7) is 1.90. The number of benzene rings is 1. The van der Waals surface area contributed by atoms with Gasteiger partial charge in [-0.05, 0) is 25.3 Å². The van der Waals surface area contributed by atoms with Crippen LogP contribution in [-0.2, 0) is 10.8 Å². The molecule has 0 bridgehead atoms. The second-order valence-electron chi connectivity index (χ2n) is 5.44. The van der Waals surface area contributed by atoms with E-state index in [9.17, 15) is 19.1 Å². The standard InChI is InChI=1S/C15H20N2O4S/c1-2-22(21)14-8-4-6-12(10-14)16-15(18)11-5-3-7-13(9-11)17(19)20/h3,5,7,9,12,14H,2,4,6,8,10H2,1H3,(H,16,18)/t12-,14+,22+/m0/s1. The molecule has 1 aliphatic carbocycles. The number of carbonyl (C=O) groups is 1. The van der Waals surface area contributed by atoms with E-state index in [-0.39, 0.29) is 28.4 Å². The highest BCUT2D eigenvalue weighted by molar-refractivity contribution is 7.85. The zero-order valence-corrected chi connectivity index (χ0v) is 13.3. The van der Waals surface area contributed by atoms with Crippen molar-refractivity contribution in [1.29, 1.82) is 0 Å². The summed E-state index contributed by atoms with van der Waals surface area (Å²) >= 11 is 0. The fourth-order valence-electron chi connectivity index (χ4n) is 2.78. The maximum Gasteiger partial charge on any atom is 0.270 e. The van der Waals surface area contributed by atoms with Crippen LogP contribution in [0.5, 0.6) is 0 Å². The smallest absolute Gasteiger partial charge is 0.270 e. The molecular formula is C15H20N2O4S. The molecule has 0 heterocycles. The fourth-order valence-corrected chi connectivity index (χ4v) is 4.13. The van der Waals surface area contributed by atoms with Gasteiger partial charge in [-0.25, -0.2) is 0 Å². The summed E-state index contributed by atoms with van der Waals surface area (Å²) in [7, 11) is -0.844. The number of nitro groups is 1. The number of non-ortho nitro benzene ring substituents is 1. The van der Waals surface area contributed by atoms with Crippen LogP contribution in [0.2, 0.25) is 0 Å². The van der Waals surface area contributed by atoms with Gasteiger partial charge in [0.15, 0.2) is 0 Å². The van der Waals surface area contributed by atoms with Gasteiger partial charge in [0, 0.05) is 45.5 Å². The van der Waals surface area contributed by atoms with E-state index < -0.39 is 15.7 Å². The molecule has 0 radical (unpaired) electrons. The third-order valence-corrected chi connectivity index (χ3v) is 5.68. The van der Waals surface area contributed by atoms with Crippen LogP contribution in [-0.4, -0.2) is 32.1 Å². The Balaban J connectivity index is 2.01. The van der Waals surface area contributed by atoms with E-state index >= 15 is 0 Å². The van der Waals surface area contributed by atoms with Gasteiger partial charge < -0.3 is 5.32 Å². The highest BCUT2D eigenvalue weighted by Gasteiger charge is 2.26. The summed E-state index contributed by atoms with van der Waals surface area (Å²) in [6, 6.07) is 5.69. The van der Waals surface area contributed by atoms with E-state index in [1.165, 1.54) is 18.2 Å². The molecule has 2 rings (SSSR count). The third kappa shape index (κ3) is 4.13. The molecular weight excluding hydrogens is 304 g/mol. The molecule has 1 N–H and O–H groups in total. The number of hydrogen-bond donors (Lipinski definition) is 1. The van der Waals surface area contributed by atoms with Crippen molar-refractivity contribution in [1.82, 2.24) is 5.32 Å². The Hall–Kier alpha value is -1.76. The second kappa shape index (κ2) is 7.49. The van der Waals surface area contributed by atoms with Gasteiger partial charge in [-0.1, -0.05) is 19.4 Å². The van der Waals surface area contributed by atoms with E-state index in [1.54, 1.807) is 6.07 Å². The first-order valence-corrected chi connectivity index (χ1v) is 8.82. The molecule has 0 aromatic heterocycles. The van der Waals surface area contributed by atoms with E-state index in [1.807, 2.05) is 6.92 Å². The van der Waals surface area contributed by atoms with Crippen molar-refractivity contribution in [2.45, 2.75) is 43.9 Å². The lowest BCUT2D eigenvalue weighted by atomic mass is 9.94. The zero-order valence-electron chi connectivity index (χ0n) is 12.5. The molecule has 22 heavy (non-hydrogen) atoms. The molecule has 1 aromatic rings. The number of rotatable bonds is 5. The molecule has 1 fully saturated rings. The van der Waals surface area contributed by atoms with E-state index in [2.05, 4.69) is 5.32 Å². The average molecular weight is 324 g/mol. The predicted molar refractivity (Wildman–Crippen MR) is 85.3 cm³/mol. The SMILES string of the molecule is CC[S@@](=O)[C@@H]1CCC[C@H](NC(=O)c2cccc([N+](=O)[O-])c2)C1. The minimum Gasteiger partial charge on any atom is -0.349 e. The summed E-state index contributed by atoms with van der Waals surface area (Å²) in [4.78, 5) is 22.5. The highest BCUT2D eigenvalue weighted by atomic mass is 32.2. The average Bonchev–Trinajstić information content (AvgIpc) is 2.54. The van der Waals surface area contributed by atoms with E-state index in [0.717, 1.165) is 19.3 Å². The summed E-state index contributed by atoms with van der Waals surface area (Å²) in [5.41, 5.74) is 0.189. The molecule has 0 unspecified atom stereocenters. The second-order valence-corrected chi connectivity index (χ2v) is 7.44. The normalized spacial score (nSPS) is 22.8. The van der Waals surface area contributed by atoms with Crippen molar-refractivity contribution >= 4 is 22.4 Å². The highest BCUT2D eigenvalue weighted by Crippen LogP contribution is 2.23. The summed E-state index contributed by atoms with van der Waals surface area (Å²) in [5.74, 6) is 0.326. The molecule has 3 atom stereocenters. The Morgan fingerprint density at radius 1 is 1.45 bits per heavy atom. The zero-order chi connectivity index (χ0) is 16.1. The maximum atomic E-state index is 12.2. The third-order valence-electron chi connectivity index (χ3n) is 3.94. The van der Waals surface area contributed by atoms with Gasteiger partial charge in [0.2, 0.25) is 0 Å². The lowest BCUT2D eigenvalue weighted by Crippen LogP contribution is -2.41. The molecule has 1 saturated carbocycles. The first kappa shape index (κ1) is 16.6. The lowest BCUT2D eigenvalue weighted by molar-refractivity contribution is -0.384. The Morgan fingerprint density at radius 2 is 2.23 bits per heavy atom. The van der Waals surface area contributed by atoms with Gasteiger partial charge in [-0.3, -0.25) is 19.1 Å². The molecule has 1 amide bonds. The molecule has 120 valence electrons. The van der Waals surface area contributed by atoms with Crippen molar-refractivity contribution in [3.8, 4) is 0 Å². The van der Waals surface area contributed by atoms with Crippen LogP contribution in [0.25, 0.3) is 0 Å². The monoisotopic (exact) mass is 324 g/mol. The Labute approximate surface area is 131 Å². The van der Waals surface area contributed by atoms with Gasteiger partial charge in [-0.15, -0.1) is 0 Å². The molecule has 6 nitrogen and oxygen atoms in total. The van der Waals surface area contributed by atoms with Crippen LogP contribution in [0, 0.1) is 10.1 Å². The minimum atomic E-state index is -0.844. The van der Waals surface area contributed by atoms with Gasteiger partial charge in [0.25, 0.3) is 11.6 Å². The van der Waals surface area contributed by atoms with Crippen LogP contribution < -0.4 is 5.32 Å². The Kier molecular flexibility index (Phi) is 5.65. The molecule has 0 spiro atoms. The van der Waals surface area contributed by atoms with Gasteiger partial charge >= 0.3 is 0 Å². The molecule has 0 aliphatic heterocycles. The lowest BCUT2D eigenvalue weighted by Gasteiger charge is -2.29. The van der Waals surface area contributed by atoms with Crippen LogP contribution in [0.15, 0.2) is 24.3 Å². The summed E-state index contributed by atoms with van der Waals surface area (Å²) in [5, 5.41) is 13.8. The molecule has 7 heteroatoms. The minimum absolute atomic E-state index is 0.0130. The van der Waals surface area contributed by atoms with Crippen LogP contribution in [0.1, 0.15) is 43.0 Å². The molecule has 0 saturated heterocycles. The summed E-state index contributed by atoms with van der Waals surface area (Å²) < 4.78 is 11.9. The number of nitrogens with zero attached hydrogens (tertiary/aromatic N) is 1. The Morgan fingerprint density at radius 3 is 2.91 bits per heavy atom. The number of amides is 1. The van der Waals surface area contributed by atoms with Crippen molar-refractivity contribution in [3.05, 3.63) is 39.9 Å². The first-order chi connectivity index (χ1) is 10.5. The predicted octanol–water partition coefficient (Wildman–Crippen LogP) is 2.40. The largest absolute Gasteiger partial charge is 0.349 e. The van der Waals surface area contributed by atoms with Crippen molar-refractivity contribution in [2.75, 3.05) is 5.75 Å². The number of nitrogens with one attached hydrogen (secondary N) is 1. The van der Waals surface area contributed by atoms with Gasteiger partial charge in [0.1, 0.15) is 0 Å². The topological polar surface area (TPSA) is 89.3 Å². The van der Waals surface area contributed by atoms with Crippen LogP contribution in [0.3, 0.4) is 0 Å². The quantitative estimate of drug-likeness (QED) is 0.665. The number of nitro benzene ring substituents is 1. The number of hydrogen-bond acceptors (Lipinski definition) is 4. The molecule has 1 aliphatic rings. The van der Waals surface area contributed by atoms with Crippen molar-refractivity contribution in [2.24, 2.45) is 0 Å². The van der Waals surface area contributed by atoms with Gasteiger partial charge in [0.05, 0.1) is 4.92 Å². The van der Waals surface area contributed by atoms with Crippen LogP contribution >= 0.6 is 0 Å².